The predicted molar refractivity (Wildman–Crippen MR) is 71.8 cm³/mol. The summed E-state index contributed by atoms with van der Waals surface area (Å²) in [6.45, 7) is 4.88. The Bertz CT molecular complexity index is 346. The molecular weight excluding hydrogens is 231 g/mol. The molecule has 1 atom stereocenters. The van der Waals surface area contributed by atoms with E-state index in [4.69, 9.17) is 10.8 Å². The van der Waals surface area contributed by atoms with Crippen LogP contribution in [0.3, 0.4) is 0 Å². The Morgan fingerprint density at radius 1 is 1.33 bits per heavy atom. The molecule has 3 N–H and O–H groups in total. The van der Waals surface area contributed by atoms with Gasteiger partial charge < -0.3 is 15.7 Å². The molecule has 0 aromatic heterocycles. The highest BCUT2D eigenvalue weighted by atomic mass is 19.1. The van der Waals surface area contributed by atoms with E-state index in [0.717, 1.165) is 32.5 Å². The molecule has 0 saturated carbocycles. The summed E-state index contributed by atoms with van der Waals surface area (Å²) in [5, 5.41) is 8.80. The lowest BCUT2D eigenvalue weighted by atomic mass is 10.0. The minimum atomic E-state index is -0.269. The van der Waals surface area contributed by atoms with Crippen LogP contribution in [0.25, 0.3) is 0 Å². The average Bonchev–Trinajstić information content (AvgIpc) is 2.39. The van der Waals surface area contributed by atoms with Crippen molar-refractivity contribution in [3.05, 3.63) is 35.6 Å². The molecule has 1 unspecified atom stereocenters. The average molecular weight is 254 g/mol. The van der Waals surface area contributed by atoms with Gasteiger partial charge in [-0.25, -0.2) is 4.39 Å². The lowest BCUT2D eigenvalue weighted by molar-refractivity contribution is 0.225. The Hall–Kier alpha value is -0.970. The van der Waals surface area contributed by atoms with Gasteiger partial charge in [-0.15, -0.1) is 0 Å². The lowest BCUT2D eigenvalue weighted by Crippen LogP contribution is -2.29. The molecule has 0 radical (unpaired) electrons. The van der Waals surface area contributed by atoms with E-state index in [2.05, 4.69) is 11.8 Å². The monoisotopic (exact) mass is 254 g/mol. The van der Waals surface area contributed by atoms with Crippen molar-refractivity contribution >= 4 is 0 Å². The summed E-state index contributed by atoms with van der Waals surface area (Å²) < 4.78 is 13.5. The van der Waals surface area contributed by atoms with Crippen LogP contribution in [0.1, 0.15) is 31.4 Å². The Morgan fingerprint density at radius 3 is 2.67 bits per heavy atom. The lowest BCUT2D eigenvalue weighted by Gasteiger charge is -2.22. The first-order valence-corrected chi connectivity index (χ1v) is 6.52. The maximum Gasteiger partial charge on any atom is 0.127 e. The first kappa shape index (κ1) is 15.1. The van der Waals surface area contributed by atoms with Crippen LogP contribution in [0.15, 0.2) is 24.3 Å². The van der Waals surface area contributed by atoms with Gasteiger partial charge in [-0.1, -0.05) is 25.1 Å². The SMILES string of the molecule is CCN(CCCO)CCC(N)c1ccccc1F. The van der Waals surface area contributed by atoms with Crippen LogP contribution >= 0.6 is 0 Å². The van der Waals surface area contributed by atoms with Gasteiger partial charge in [0.1, 0.15) is 5.82 Å². The summed E-state index contributed by atoms with van der Waals surface area (Å²) >= 11 is 0. The summed E-state index contributed by atoms with van der Waals surface area (Å²) in [4.78, 5) is 2.22. The molecule has 0 fully saturated rings. The summed E-state index contributed by atoms with van der Waals surface area (Å²) in [5.41, 5.74) is 6.59. The zero-order valence-electron chi connectivity index (χ0n) is 11.0. The fourth-order valence-corrected chi connectivity index (χ4v) is 1.98. The third-order valence-corrected chi connectivity index (χ3v) is 3.14. The zero-order chi connectivity index (χ0) is 13.4. The molecule has 3 nitrogen and oxygen atoms in total. The normalized spacial score (nSPS) is 12.9. The zero-order valence-corrected chi connectivity index (χ0v) is 11.0. The van der Waals surface area contributed by atoms with Gasteiger partial charge in [-0.05, 0) is 32.0 Å². The van der Waals surface area contributed by atoms with Crippen LogP contribution in [0.5, 0.6) is 0 Å². The number of aliphatic hydroxyl groups excluding tert-OH is 1. The van der Waals surface area contributed by atoms with Crippen molar-refractivity contribution < 1.29 is 9.50 Å². The third-order valence-electron chi connectivity index (χ3n) is 3.14. The smallest absolute Gasteiger partial charge is 0.127 e. The van der Waals surface area contributed by atoms with Crippen molar-refractivity contribution in [2.45, 2.75) is 25.8 Å². The first-order valence-electron chi connectivity index (χ1n) is 6.52. The van der Waals surface area contributed by atoms with Gasteiger partial charge in [0, 0.05) is 24.8 Å². The molecule has 102 valence electrons. The second kappa shape index (κ2) is 8.19. The highest BCUT2D eigenvalue weighted by Gasteiger charge is 2.12. The van der Waals surface area contributed by atoms with Gasteiger partial charge in [0.25, 0.3) is 0 Å². The number of rotatable bonds is 8. The second-order valence-electron chi connectivity index (χ2n) is 4.43. The van der Waals surface area contributed by atoms with Crippen LogP contribution in [0.4, 0.5) is 4.39 Å². The third kappa shape index (κ3) is 4.72. The maximum absolute atomic E-state index is 13.5. The maximum atomic E-state index is 13.5. The standard InChI is InChI=1S/C14H23FN2O/c1-2-17(9-5-11-18)10-8-14(16)12-6-3-4-7-13(12)15/h3-4,6-7,14,18H,2,5,8-11,16H2,1H3. The topological polar surface area (TPSA) is 49.5 Å². The van der Waals surface area contributed by atoms with E-state index in [1.165, 1.54) is 6.07 Å². The van der Waals surface area contributed by atoms with E-state index in [-0.39, 0.29) is 18.5 Å². The van der Waals surface area contributed by atoms with Crippen LogP contribution in [0.2, 0.25) is 0 Å². The molecule has 0 aliphatic carbocycles. The van der Waals surface area contributed by atoms with Gasteiger partial charge >= 0.3 is 0 Å². The van der Waals surface area contributed by atoms with Gasteiger partial charge in [-0.3, -0.25) is 0 Å². The van der Waals surface area contributed by atoms with E-state index in [1.54, 1.807) is 12.1 Å². The van der Waals surface area contributed by atoms with Crippen molar-refractivity contribution in [1.82, 2.24) is 4.90 Å². The molecule has 4 heteroatoms. The summed E-state index contributed by atoms with van der Waals surface area (Å²) in [5.74, 6) is -0.233. The van der Waals surface area contributed by atoms with E-state index >= 15 is 0 Å². The van der Waals surface area contributed by atoms with Crippen molar-refractivity contribution in [3.63, 3.8) is 0 Å². The second-order valence-corrected chi connectivity index (χ2v) is 4.43. The number of halogens is 1. The molecular formula is C14H23FN2O. The summed E-state index contributed by atoms with van der Waals surface area (Å²) in [7, 11) is 0. The predicted octanol–water partition coefficient (Wildman–Crippen LogP) is 1.92. The number of benzene rings is 1. The number of nitrogens with zero attached hydrogens (tertiary/aromatic N) is 1. The molecule has 18 heavy (non-hydrogen) atoms. The fraction of sp³-hybridized carbons (Fsp3) is 0.571. The van der Waals surface area contributed by atoms with E-state index in [1.807, 2.05) is 6.07 Å². The van der Waals surface area contributed by atoms with E-state index in [9.17, 15) is 4.39 Å². The van der Waals surface area contributed by atoms with Crippen LogP contribution in [-0.2, 0) is 0 Å². The largest absolute Gasteiger partial charge is 0.396 e. The van der Waals surface area contributed by atoms with Crippen LogP contribution < -0.4 is 5.73 Å². The van der Waals surface area contributed by atoms with E-state index in [0.29, 0.717) is 5.56 Å². The molecule has 0 saturated heterocycles. The molecule has 1 aromatic rings. The number of hydrogen-bond acceptors (Lipinski definition) is 3. The Labute approximate surface area is 108 Å². The molecule has 1 rings (SSSR count). The molecule has 0 spiro atoms. The van der Waals surface area contributed by atoms with Gasteiger partial charge in [0.2, 0.25) is 0 Å². The minimum absolute atomic E-state index is 0.204. The van der Waals surface area contributed by atoms with Crippen molar-refractivity contribution in [2.75, 3.05) is 26.2 Å². The molecule has 0 amide bonds. The Balaban J connectivity index is 2.44. The van der Waals surface area contributed by atoms with Gasteiger partial charge in [0.15, 0.2) is 0 Å². The first-order chi connectivity index (χ1) is 8.69. The minimum Gasteiger partial charge on any atom is -0.396 e. The van der Waals surface area contributed by atoms with Crippen LogP contribution in [-0.4, -0.2) is 36.2 Å². The van der Waals surface area contributed by atoms with Crippen molar-refractivity contribution in [2.24, 2.45) is 5.73 Å². The highest BCUT2D eigenvalue weighted by molar-refractivity contribution is 5.20. The Morgan fingerprint density at radius 2 is 2.06 bits per heavy atom. The van der Waals surface area contributed by atoms with E-state index < -0.39 is 0 Å². The number of aliphatic hydroxyl groups is 1. The number of hydrogen-bond donors (Lipinski definition) is 2. The summed E-state index contributed by atoms with van der Waals surface area (Å²) in [6, 6.07) is 6.39. The van der Waals surface area contributed by atoms with Gasteiger partial charge in [0.05, 0.1) is 0 Å². The molecule has 0 aliphatic rings. The quantitative estimate of drug-likeness (QED) is 0.745. The summed E-state index contributed by atoms with van der Waals surface area (Å²) in [6.07, 6.45) is 1.49. The molecule has 0 bridgehead atoms. The molecule has 0 aliphatic heterocycles. The fourth-order valence-electron chi connectivity index (χ4n) is 1.98. The number of nitrogens with two attached hydrogens (primary N) is 1. The van der Waals surface area contributed by atoms with Gasteiger partial charge in [-0.2, -0.15) is 0 Å². The molecule has 0 heterocycles. The molecule has 1 aromatic carbocycles. The van der Waals surface area contributed by atoms with Crippen molar-refractivity contribution in [3.8, 4) is 0 Å². The van der Waals surface area contributed by atoms with Crippen LogP contribution in [0, 0.1) is 5.82 Å². The highest BCUT2D eigenvalue weighted by Crippen LogP contribution is 2.17. The van der Waals surface area contributed by atoms with Crippen molar-refractivity contribution in [1.29, 1.82) is 0 Å². The Kier molecular flexibility index (Phi) is 6.86.